The quantitative estimate of drug-likeness (QED) is 0.594. The number of alkyl halides is 3. The molecule has 2 nitrogen and oxygen atoms in total. The first-order valence-electron chi connectivity index (χ1n) is 9.09. The monoisotopic (exact) mass is 376 g/mol. The maximum atomic E-state index is 13.1. The Kier molecular flexibility index (Phi) is 5.31. The fourth-order valence-electron chi connectivity index (χ4n) is 3.76. The Morgan fingerprint density at radius 1 is 1.07 bits per heavy atom. The lowest BCUT2D eigenvalue weighted by Gasteiger charge is -2.40. The molecular weight excluding hydrogens is 353 g/mol. The number of ether oxygens (including phenoxy) is 1. The van der Waals surface area contributed by atoms with E-state index in [1.54, 1.807) is 30.3 Å². The van der Waals surface area contributed by atoms with Gasteiger partial charge in [0, 0.05) is 5.92 Å². The maximum Gasteiger partial charge on any atom is 0.416 e. The van der Waals surface area contributed by atoms with E-state index in [4.69, 9.17) is 4.74 Å². The van der Waals surface area contributed by atoms with Crippen LogP contribution >= 0.6 is 0 Å². The number of esters is 1. The molecule has 2 aromatic carbocycles. The molecule has 0 bridgehead atoms. The van der Waals surface area contributed by atoms with E-state index in [1.807, 2.05) is 6.07 Å². The van der Waals surface area contributed by atoms with Crippen LogP contribution in [0.4, 0.5) is 13.2 Å². The molecule has 2 aromatic rings. The Labute approximate surface area is 157 Å². The number of carbonyl (C=O) groups is 1. The fourth-order valence-corrected chi connectivity index (χ4v) is 3.76. The van der Waals surface area contributed by atoms with Gasteiger partial charge in [0.2, 0.25) is 0 Å². The zero-order valence-electron chi connectivity index (χ0n) is 15.4. The highest BCUT2D eigenvalue weighted by atomic mass is 19.4. The van der Waals surface area contributed by atoms with Gasteiger partial charge in [0.1, 0.15) is 6.10 Å². The summed E-state index contributed by atoms with van der Waals surface area (Å²) >= 11 is 0. The van der Waals surface area contributed by atoms with Crippen LogP contribution in [0.2, 0.25) is 0 Å². The number of hydrogen-bond donors (Lipinski definition) is 0. The third-order valence-corrected chi connectivity index (χ3v) is 5.24. The maximum absolute atomic E-state index is 13.1. The molecule has 3 rings (SSSR count). The van der Waals surface area contributed by atoms with E-state index >= 15 is 0 Å². The summed E-state index contributed by atoms with van der Waals surface area (Å²) in [5, 5.41) is 0. The lowest BCUT2D eigenvalue weighted by Crippen LogP contribution is -2.35. The molecular formula is C22H23F3O2. The molecule has 0 heterocycles. The smallest absolute Gasteiger partial charge is 0.416 e. The van der Waals surface area contributed by atoms with Crippen LogP contribution in [0.15, 0.2) is 54.6 Å². The molecule has 1 aliphatic rings. The molecule has 0 N–H and O–H groups in total. The molecule has 0 saturated heterocycles. The van der Waals surface area contributed by atoms with E-state index < -0.39 is 23.8 Å². The molecule has 0 aliphatic heterocycles. The summed E-state index contributed by atoms with van der Waals surface area (Å²) in [6, 6.07) is 14.1. The van der Waals surface area contributed by atoms with Gasteiger partial charge in [-0.05, 0) is 48.4 Å². The summed E-state index contributed by atoms with van der Waals surface area (Å²) in [6.07, 6.45) is -2.67. The van der Waals surface area contributed by atoms with Gasteiger partial charge in [0.05, 0.1) is 11.1 Å². The number of hydrogen-bond acceptors (Lipinski definition) is 2. The van der Waals surface area contributed by atoms with Crippen molar-refractivity contribution in [1.82, 2.24) is 0 Å². The Morgan fingerprint density at radius 2 is 1.78 bits per heavy atom. The summed E-state index contributed by atoms with van der Waals surface area (Å²) in [5.74, 6) is -0.694. The summed E-state index contributed by atoms with van der Waals surface area (Å²) in [6.45, 7) is 4.20. The van der Waals surface area contributed by atoms with E-state index in [0.717, 1.165) is 12.5 Å². The van der Waals surface area contributed by atoms with Crippen LogP contribution < -0.4 is 0 Å². The number of halogens is 3. The predicted molar refractivity (Wildman–Crippen MR) is 97.5 cm³/mol. The largest absolute Gasteiger partial charge is 0.458 e. The molecule has 1 saturated carbocycles. The minimum Gasteiger partial charge on any atom is -0.458 e. The molecule has 1 fully saturated rings. The van der Waals surface area contributed by atoms with Gasteiger partial charge in [-0.2, -0.15) is 13.2 Å². The third-order valence-electron chi connectivity index (χ3n) is 5.24. The second-order valence-corrected chi connectivity index (χ2v) is 7.95. The standard InChI is InChI=1S/C22H23F3O2/c1-21(2)12-11-19(27-20(26)15-7-4-3-5-8-15)18(14-21)16-9-6-10-17(13-16)22(23,24)25/h3-10,13,18-19H,11-12,14H2,1-2H3. The molecule has 2 unspecified atom stereocenters. The predicted octanol–water partition coefficient (Wildman–Crippen LogP) is 6.22. The van der Waals surface area contributed by atoms with Crippen molar-refractivity contribution in [2.45, 2.75) is 51.3 Å². The van der Waals surface area contributed by atoms with E-state index in [-0.39, 0.29) is 11.3 Å². The summed E-state index contributed by atoms with van der Waals surface area (Å²) in [5.41, 5.74) is 0.333. The Morgan fingerprint density at radius 3 is 2.44 bits per heavy atom. The SMILES string of the molecule is CC1(C)CCC(OC(=O)c2ccccc2)C(c2cccc(C(F)(F)F)c2)C1. The molecule has 5 heteroatoms. The van der Waals surface area contributed by atoms with Crippen LogP contribution in [0.1, 0.15) is 60.5 Å². The minimum atomic E-state index is -4.39. The first-order valence-corrected chi connectivity index (χ1v) is 9.09. The Bertz CT molecular complexity index is 797. The molecule has 0 aromatic heterocycles. The van der Waals surface area contributed by atoms with Crippen molar-refractivity contribution in [1.29, 1.82) is 0 Å². The van der Waals surface area contributed by atoms with Crippen LogP contribution in [0.3, 0.4) is 0 Å². The number of rotatable bonds is 3. The second kappa shape index (κ2) is 7.37. The molecule has 27 heavy (non-hydrogen) atoms. The van der Waals surface area contributed by atoms with Gasteiger partial charge in [-0.1, -0.05) is 50.2 Å². The van der Waals surface area contributed by atoms with Crippen molar-refractivity contribution in [2.75, 3.05) is 0 Å². The summed E-state index contributed by atoms with van der Waals surface area (Å²) in [7, 11) is 0. The fraction of sp³-hybridized carbons (Fsp3) is 0.409. The average Bonchev–Trinajstić information content (AvgIpc) is 2.63. The Balaban J connectivity index is 1.88. The second-order valence-electron chi connectivity index (χ2n) is 7.95. The van der Waals surface area contributed by atoms with Crippen molar-refractivity contribution in [2.24, 2.45) is 5.41 Å². The van der Waals surface area contributed by atoms with Crippen molar-refractivity contribution >= 4 is 5.97 Å². The highest BCUT2D eigenvalue weighted by molar-refractivity contribution is 5.89. The average molecular weight is 376 g/mol. The summed E-state index contributed by atoms with van der Waals surface area (Å²) in [4.78, 5) is 12.5. The molecule has 0 radical (unpaired) electrons. The highest BCUT2D eigenvalue weighted by Gasteiger charge is 2.39. The minimum absolute atomic E-state index is 0.0193. The van der Waals surface area contributed by atoms with E-state index in [1.165, 1.54) is 12.1 Å². The van der Waals surface area contributed by atoms with E-state index in [0.29, 0.717) is 24.0 Å². The van der Waals surface area contributed by atoms with Crippen molar-refractivity contribution in [3.8, 4) is 0 Å². The van der Waals surface area contributed by atoms with Crippen molar-refractivity contribution in [3.05, 3.63) is 71.3 Å². The van der Waals surface area contributed by atoms with Gasteiger partial charge >= 0.3 is 12.1 Å². The molecule has 0 amide bonds. The van der Waals surface area contributed by atoms with E-state index in [9.17, 15) is 18.0 Å². The van der Waals surface area contributed by atoms with Crippen LogP contribution in [0.5, 0.6) is 0 Å². The summed E-state index contributed by atoms with van der Waals surface area (Å²) < 4.78 is 45.1. The van der Waals surface area contributed by atoms with Gasteiger partial charge in [-0.3, -0.25) is 0 Å². The number of benzene rings is 2. The molecule has 144 valence electrons. The first kappa shape index (κ1) is 19.5. The van der Waals surface area contributed by atoms with Crippen LogP contribution in [0.25, 0.3) is 0 Å². The lowest BCUT2D eigenvalue weighted by atomic mass is 9.68. The first-order chi connectivity index (χ1) is 12.7. The van der Waals surface area contributed by atoms with Crippen LogP contribution in [0, 0.1) is 5.41 Å². The Hall–Kier alpha value is -2.30. The van der Waals surface area contributed by atoms with Crippen LogP contribution in [-0.2, 0) is 10.9 Å². The zero-order chi connectivity index (χ0) is 19.7. The normalized spacial score (nSPS) is 22.3. The third kappa shape index (κ3) is 4.71. The van der Waals surface area contributed by atoms with Gasteiger partial charge in [0.15, 0.2) is 0 Å². The highest BCUT2D eigenvalue weighted by Crippen LogP contribution is 2.45. The van der Waals surface area contributed by atoms with Gasteiger partial charge < -0.3 is 4.74 Å². The molecule has 0 spiro atoms. The number of carbonyl (C=O) groups excluding carboxylic acids is 1. The lowest BCUT2D eigenvalue weighted by molar-refractivity contribution is -0.137. The van der Waals surface area contributed by atoms with E-state index in [2.05, 4.69) is 13.8 Å². The topological polar surface area (TPSA) is 26.3 Å². The zero-order valence-corrected chi connectivity index (χ0v) is 15.4. The van der Waals surface area contributed by atoms with Gasteiger partial charge in [0.25, 0.3) is 0 Å². The molecule has 1 aliphatic carbocycles. The molecule has 2 atom stereocenters. The van der Waals surface area contributed by atoms with Crippen molar-refractivity contribution < 1.29 is 22.7 Å². The van der Waals surface area contributed by atoms with Crippen LogP contribution in [-0.4, -0.2) is 12.1 Å². The van der Waals surface area contributed by atoms with Gasteiger partial charge in [-0.25, -0.2) is 4.79 Å². The van der Waals surface area contributed by atoms with Gasteiger partial charge in [-0.15, -0.1) is 0 Å². The van der Waals surface area contributed by atoms with Crippen molar-refractivity contribution in [3.63, 3.8) is 0 Å².